The Balaban J connectivity index is 1.96. The third kappa shape index (κ3) is 3.17. The van der Waals surface area contributed by atoms with E-state index in [0.717, 1.165) is 5.57 Å². The largest absolute Gasteiger partial charge is 0.483 e. The van der Waals surface area contributed by atoms with Gasteiger partial charge in [-0.25, -0.2) is 4.79 Å². The highest BCUT2D eigenvalue weighted by Crippen LogP contribution is 2.44. The zero-order valence-electron chi connectivity index (χ0n) is 15.3. The van der Waals surface area contributed by atoms with Gasteiger partial charge in [-0.3, -0.25) is 4.79 Å². The number of hydrogen-bond acceptors (Lipinski definition) is 5. The number of carbonyl (C=O) groups excluding carboxylic acids is 2. The number of esters is 1. The van der Waals surface area contributed by atoms with Crippen LogP contribution in [0.15, 0.2) is 35.6 Å². The van der Waals surface area contributed by atoms with Crippen LogP contribution in [0.1, 0.15) is 40.5 Å². The van der Waals surface area contributed by atoms with Gasteiger partial charge in [-0.05, 0) is 27.2 Å². The molecule has 3 heterocycles. The van der Waals surface area contributed by atoms with Crippen molar-refractivity contribution in [2.24, 2.45) is 11.8 Å². The smallest absolute Gasteiger partial charge is 0.334 e. The fourth-order valence-electron chi connectivity index (χ4n) is 3.77. The molecule has 2 bridgehead atoms. The zero-order valence-corrected chi connectivity index (χ0v) is 15.3. The van der Waals surface area contributed by atoms with E-state index in [1.54, 1.807) is 13.0 Å². The number of carbonyl (C=O) groups is 2. The molecule has 5 atom stereocenters. The third-order valence-corrected chi connectivity index (χ3v) is 5.54. The molecule has 136 valence electrons. The van der Waals surface area contributed by atoms with Gasteiger partial charge in [0.25, 0.3) is 0 Å². The summed E-state index contributed by atoms with van der Waals surface area (Å²) in [6, 6.07) is 0. The van der Waals surface area contributed by atoms with Crippen molar-refractivity contribution in [1.29, 1.82) is 0 Å². The molecular weight excluding hydrogens is 320 g/mol. The topological polar surface area (TPSA) is 61.8 Å². The molecule has 0 saturated carbocycles. The van der Waals surface area contributed by atoms with Crippen LogP contribution in [0.4, 0.5) is 0 Å². The van der Waals surface area contributed by atoms with Crippen molar-refractivity contribution in [3.05, 3.63) is 35.6 Å². The first kappa shape index (κ1) is 17.9. The molecule has 3 aliphatic heterocycles. The SMILES string of the molecule is C=C1C(=O)OC2CC(C)C3=CC(=O)C(C)(CC(OCC(C)=CC)C12)O3. The summed E-state index contributed by atoms with van der Waals surface area (Å²) < 4.78 is 17.7. The highest BCUT2D eigenvalue weighted by atomic mass is 16.6. The van der Waals surface area contributed by atoms with Crippen LogP contribution >= 0.6 is 0 Å². The van der Waals surface area contributed by atoms with Gasteiger partial charge >= 0.3 is 5.97 Å². The lowest BCUT2D eigenvalue weighted by Crippen LogP contribution is -2.42. The second kappa shape index (κ2) is 6.45. The van der Waals surface area contributed by atoms with Crippen LogP contribution in [0.3, 0.4) is 0 Å². The van der Waals surface area contributed by atoms with Crippen LogP contribution in [-0.4, -0.2) is 36.2 Å². The van der Waals surface area contributed by atoms with Gasteiger partial charge in [-0.1, -0.05) is 25.2 Å². The predicted octanol–water partition coefficient (Wildman–Crippen LogP) is 3.11. The maximum Gasteiger partial charge on any atom is 0.334 e. The van der Waals surface area contributed by atoms with E-state index >= 15 is 0 Å². The Hall–Kier alpha value is -1.88. The number of rotatable bonds is 3. The van der Waals surface area contributed by atoms with Gasteiger partial charge in [0, 0.05) is 24.0 Å². The Morgan fingerprint density at radius 1 is 1.48 bits per heavy atom. The molecule has 2 saturated heterocycles. The summed E-state index contributed by atoms with van der Waals surface area (Å²) in [7, 11) is 0. The highest BCUT2D eigenvalue weighted by Gasteiger charge is 2.52. The minimum absolute atomic E-state index is 0.00648. The van der Waals surface area contributed by atoms with Gasteiger partial charge in [-0.2, -0.15) is 0 Å². The van der Waals surface area contributed by atoms with E-state index in [4.69, 9.17) is 14.2 Å². The summed E-state index contributed by atoms with van der Waals surface area (Å²) in [6.07, 6.45) is 3.86. The lowest BCUT2D eigenvalue weighted by molar-refractivity contribution is -0.140. The van der Waals surface area contributed by atoms with Gasteiger partial charge < -0.3 is 14.2 Å². The molecule has 0 aromatic rings. The standard InChI is InChI=1S/C20H26O5/c1-6-11(2)10-23-16-9-20(5)17(21)8-14(25-20)12(3)7-15-18(16)13(4)19(22)24-15/h6,8,12,15-16,18H,4,7,9-10H2,1-3,5H3. The van der Waals surface area contributed by atoms with Crippen LogP contribution in [0.25, 0.3) is 0 Å². The van der Waals surface area contributed by atoms with Crippen LogP contribution in [-0.2, 0) is 23.8 Å². The van der Waals surface area contributed by atoms with Crippen molar-refractivity contribution in [1.82, 2.24) is 0 Å². The van der Waals surface area contributed by atoms with E-state index in [-0.39, 0.29) is 35.8 Å². The van der Waals surface area contributed by atoms with E-state index in [1.807, 2.05) is 26.8 Å². The molecular formula is C20H26O5. The third-order valence-electron chi connectivity index (χ3n) is 5.54. The number of ether oxygens (including phenoxy) is 3. The van der Waals surface area contributed by atoms with E-state index in [1.165, 1.54) is 0 Å². The van der Waals surface area contributed by atoms with Gasteiger partial charge in [0.2, 0.25) is 5.78 Å². The van der Waals surface area contributed by atoms with Crippen LogP contribution in [0.5, 0.6) is 0 Å². The molecule has 0 spiro atoms. The minimum Gasteiger partial charge on any atom is -0.483 e. The predicted molar refractivity (Wildman–Crippen MR) is 92.7 cm³/mol. The Morgan fingerprint density at radius 3 is 2.88 bits per heavy atom. The molecule has 0 aliphatic carbocycles. The molecule has 0 aromatic heterocycles. The van der Waals surface area contributed by atoms with Crippen molar-refractivity contribution in [3.8, 4) is 0 Å². The minimum atomic E-state index is -0.959. The average Bonchev–Trinajstić information content (AvgIpc) is 3.01. The van der Waals surface area contributed by atoms with Gasteiger partial charge in [0.15, 0.2) is 5.60 Å². The molecule has 5 unspecified atom stereocenters. The van der Waals surface area contributed by atoms with Crippen molar-refractivity contribution in [2.75, 3.05) is 6.61 Å². The van der Waals surface area contributed by atoms with Crippen LogP contribution in [0.2, 0.25) is 0 Å². The van der Waals surface area contributed by atoms with E-state index in [2.05, 4.69) is 6.58 Å². The normalized spacial score (nSPS) is 38.3. The lowest BCUT2D eigenvalue weighted by Gasteiger charge is -2.32. The molecule has 3 aliphatic rings. The summed E-state index contributed by atoms with van der Waals surface area (Å²) in [5.41, 5.74) is 0.560. The zero-order chi connectivity index (χ0) is 18.4. The number of fused-ring (bicyclic) bond motifs is 3. The molecule has 0 aromatic carbocycles. The fraction of sp³-hybridized carbons (Fsp3) is 0.600. The van der Waals surface area contributed by atoms with Gasteiger partial charge in [0.1, 0.15) is 11.9 Å². The Kier molecular flexibility index (Phi) is 4.62. The second-order valence-electron chi connectivity index (χ2n) is 7.56. The van der Waals surface area contributed by atoms with Crippen LogP contribution in [0, 0.1) is 11.8 Å². The number of allylic oxidation sites excluding steroid dienone is 2. The monoisotopic (exact) mass is 346 g/mol. The molecule has 2 fully saturated rings. The number of hydrogen-bond donors (Lipinski definition) is 0. The first-order chi connectivity index (χ1) is 11.7. The van der Waals surface area contributed by atoms with Gasteiger partial charge in [0.05, 0.1) is 18.6 Å². The average molecular weight is 346 g/mol. The van der Waals surface area contributed by atoms with E-state index in [9.17, 15) is 9.59 Å². The summed E-state index contributed by atoms with van der Waals surface area (Å²) in [5, 5.41) is 0. The Morgan fingerprint density at radius 2 is 2.20 bits per heavy atom. The lowest BCUT2D eigenvalue weighted by atomic mass is 9.80. The van der Waals surface area contributed by atoms with Crippen molar-refractivity contribution >= 4 is 11.8 Å². The Bertz CT molecular complexity index is 674. The molecule has 5 nitrogen and oxygen atoms in total. The van der Waals surface area contributed by atoms with Gasteiger partial charge in [-0.15, -0.1) is 0 Å². The quantitative estimate of drug-likeness (QED) is 0.446. The molecule has 0 amide bonds. The van der Waals surface area contributed by atoms with Crippen molar-refractivity contribution in [3.63, 3.8) is 0 Å². The molecule has 5 heteroatoms. The first-order valence-corrected chi connectivity index (χ1v) is 8.83. The second-order valence-corrected chi connectivity index (χ2v) is 7.56. The van der Waals surface area contributed by atoms with Crippen molar-refractivity contribution in [2.45, 2.75) is 58.3 Å². The number of ketones is 1. The molecule has 0 radical (unpaired) electrons. The maximum absolute atomic E-state index is 12.5. The maximum atomic E-state index is 12.5. The first-order valence-electron chi connectivity index (χ1n) is 8.83. The van der Waals surface area contributed by atoms with E-state index < -0.39 is 5.60 Å². The summed E-state index contributed by atoms with van der Waals surface area (Å²) in [6.45, 7) is 12.1. The van der Waals surface area contributed by atoms with Crippen molar-refractivity contribution < 1.29 is 23.8 Å². The highest BCUT2D eigenvalue weighted by molar-refractivity contribution is 5.99. The molecule has 25 heavy (non-hydrogen) atoms. The Labute approximate surface area is 148 Å². The molecule has 3 rings (SSSR count). The summed E-state index contributed by atoms with van der Waals surface area (Å²) >= 11 is 0. The molecule has 0 N–H and O–H groups in total. The van der Waals surface area contributed by atoms with E-state index in [0.29, 0.717) is 30.8 Å². The summed E-state index contributed by atoms with van der Waals surface area (Å²) in [5.74, 6) is 0.00346. The summed E-state index contributed by atoms with van der Waals surface area (Å²) in [4.78, 5) is 24.6. The fourth-order valence-corrected chi connectivity index (χ4v) is 3.77. The van der Waals surface area contributed by atoms with Crippen LogP contribution < -0.4 is 0 Å².